The van der Waals surface area contributed by atoms with E-state index < -0.39 is 0 Å². The Morgan fingerprint density at radius 1 is 0.826 bits per heavy atom. The Morgan fingerprint density at radius 3 is 2.52 bits per heavy atom. The highest BCUT2D eigenvalue weighted by molar-refractivity contribution is 8.00. The van der Waals surface area contributed by atoms with E-state index in [4.69, 9.17) is 0 Å². The minimum Gasteiger partial charge on any atom is -0.262 e. The standard InChI is InChI=1S/C18H12N2S3/c1-2-4-13(5-3-1)22-14-10-15(12-19-11-14)23-17-6-8-20-16-7-9-21-18(16)17/h1-12H. The van der Waals surface area contributed by atoms with Crippen LogP contribution in [0, 0.1) is 0 Å². The molecule has 0 saturated carbocycles. The molecule has 0 bridgehead atoms. The van der Waals surface area contributed by atoms with Gasteiger partial charge in [-0.3, -0.25) is 9.97 Å². The number of fused-ring (bicyclic) bond motifs is 1. The Labute approximate surface area is 147 Å². The highest BCUT2D eigenvalue weighted by atomic mass is 32.2. The second-order valence-electron chi connectivity index (χ2n) is 4.82. The lowest BCUT2D eigenvalue weighted by Crippen LogP contribution is -1.81. The number of thiophene rings is 1. The second-order valence-corrected chi connectivity index (χ2v) is 8.00. The molecule has 0 amide bonds. The summed E-state index contributed by atoms with van der Waals surface area (Å²) in [5.74, 6) is 0. The van der Waals surface area contributed by atoms with Crippen LogP contribution in [0.4, 0.5) is 0 Å². The van der Waals surface area contributed by atoms with Crippen LogP contribution in [0.25, 0.3) is 10.2 Å². The number of benzene rings is 1. The van der Waals surface area contributed by atoms with E-state index in [-0.39, 0.29) is 0 Å². The van der Waals surface area contributed by atoms with Gasteiger partial charge < -0.3 is 0 Å². The van der Waals surface area contributed by atoms with Gasteiger partial charge in [0.25, 0.3) is 0 Å². The minimum atomic E-state index is 1.06. The lowest BCUT2D eigenvalue weighted by molar-refractivity contribution is 1.15. The van der Waals surface area contributed by atoms with Crippen molar-refractivity contribution in [3.05, 3.63) is 72.5 Å². The fraction of sp³-hybridized carbons (Fsp3) is 0. The van der Waals surface area contributed by atoms with Gasteiger partial charge in [-0.25, -0.2) is 0 Å². The van der Waals surface area contributed by atoms with Crippen molar-refractivity contribution in [1.29, 1.82) is 0 Å². The second kappa shape index (κ2) is 6.74. The maximum absolute atomic E-state index is 4.39. The molecule has 2 nitrogen and oxygen atoms in total. The summed E-state index contributed by atoms with van der Waals surface area (Å²) in [5, 5.41) is 2.08. The Hall–Kier alpha value is -1.82. The largest absolute Gasteiger partial charge is 0.262 e. The van der Waals surface area contributed by atoms with E-state index in [9.17, 15) is 0 Å². The molecule has 0 atom stereocenters. The van der Waals surface area contributed by atoms with Crippen LogP contribution in [0.1, 0.15) is 0 Å². The van der Waals surface area contributed by atoms with E-state index in [0.29, 0.717) is 0 Å². The molecule has 23 heavy (non-hydrogen) atoms. The molecule has 0 radical (unpaired) electrons. The average Bonchev–Trinajstić information content (AvgIpc) is 3.06. The summed E-state index contributed by atoms with van der Waals surface area (Å²) < 4.78 is 1.23. The number of hydrogen-bond donors (Lipinski definition) is 0. The fourth-order valence-corrected chi connectivity index (χ4v) is 5.04. The summed E-state index contributed by atoms with van der Waals surface area (Å²) in [4.78, 5) is 13.5. The number of aromatic nitrogens is 2. The lowest BCUT2D eigenvalue weighted by Gasteiger charge is -2.05. The van der Waals surface area contributed by atoms with Crippen molar-refractivity contribution in [1.82, 2.24) is 9.97 Å². The molecule has 0 fully saturated rings. The summed E-state index contributed by atoms with van der Waals surface area (Å²) in [6, 6.07) is 16.7. The molecule has 3 heterocycles. The Morgan fingerprint density at radius 2 is 1.65 bits per heavy atom. The van der Waals surface area contributed by atoms with E-state index in [1.54, 1.807) is 34.9 Å². The van der Waals surface area contributed by atoms with Crippen molar-refractivity contribution in [3.8, 4) is 0 Å². The van der Waals surface area contributed by atoms with Gasteiger partial charge in [-0.05, 0) is 35.7 Å². The molecule has 4 rings (SSSR count). The van der Waals surface area contributed by atoms with Gasteiger partial charge in [0.15, 0.2) is 0 Å². The molecule has 3 aromatic heterocycles. The van der Waals surface area contributed by atoms with Crippen LogP contribution in [0.5, 0.6) is 0 Å². The number of nitrogens with zero attached hydrogens (tertiary/aromatic N) is 2. The van der Waals surface area contributed by atoms with Gasteiger partial charge in [-0.2, -0.15) is 0 Å². The molecule has 0 aliphatic heterocycles. The minimum absolute atomic E-state index is 1.06. The third-order valence-corrected chi connectivity index (χ3v) is 6.25. The van der Waals surface area contributed by atoms with Gasteiger partial charge >= 0.3 is 0 Å². The van der Waals surface area contributed by atoms with Crippen molar-refractivity contribution >= 4 is 45.1 Å². The van der Waals surface area contributed by atoms with Crippen molar-refractivity contribution in [2.24, 2.45) is 0 Å². The summed E-state index contributed by atoms with van der Waals surface area (Å²) in [7, 11) is 0. The van der Waals surface area contributed by atoms with E-state index >= 15 is 0 Å². The molecule has 0 unspecified atom stereocenters. The van der Waals surface area contributed by atoms with E-state index in [1.807, 2.05) is 24.7 Å². The molecule has 0 spiro atoms. The highest BCUT2D eigenvalue weighted by Gasteiger charge is 2.07. The third-order valence-electron chi connectivity index (χ3n) is 3.20. The number of pyridine rings is 2. The molecule has 0 aliphatic carbocycles. The van der Waals surface area contributed by atoms with Gasteiger partial charge in [-0.15, -0.1) is 11.3 Å². The smallest absolute Gasteiger partial charge is 0.0821 e. The Kier molecular flexibility index (Phi) is 4.33. The van der Waals surface area contributed by atoms with Crippen LogP contribution in [-0.2, 0) is 0 Å². The summed E-state index contributed by atoms with van der Waals surface area (Å²) in [6.07, 6.45) is 5.70. The molecular formula is C18H12N2S3. The van der Waals surface area contributed by atoms with Gasteiger partial charge in [0.2, 0.25) is 0 Å². The molecular weight excluding hydrogens is 340 g/mol. The zero-order valence-corrected chi connectivity index (χ0v) is 14.5. The third kappa shape index (κ3) is 3.42. The summed E-state index contributed by atoms with van der Waals surface area (Å²) in [6.45, 7) is 0. The molecule has 1 aromatic carbocycles. The van der Waals surface area contributed by atoms with E-state index in [0.717, 1.165) is 15.3 Å². The lowest BCUT2D eigenvalue weighted by atomic mass is 10.4. The summed E-state index contributed by atoms with van der Waals surface area (Å²) >= 11 is 5.20. The number of rotatable bonds is 4. The maximum Gasteiger partial charge on any atom is 0.0821 e. The molecule has 0 aliphatic rings. The first-order valence-corrected chi connectivity index (χ1v) is 9.58. The fourth-order valence-electron chi connectivity index (χ4n) is 2.19. The first-order valence-electron chi connectivity index (χ1n) is 7.06. The molecule has 0 saturated heterocycles. The predicted molar refractivity (Wildman–Crippen MR) is 98.5 cm³/mol. The van der Waals surface area contributed by atoms with Gasteiger partial charge in [0, 0.05) is 38.2 Å². The average molecular weight is 353 g/mol. The molecule has 4 aromatic rings. The predicted octanol–water partition coefficient (Wildman–Crippen LogP) is 5.99. The van der Waals surface area contributed by atoms with Crippen LogP contribution in [0.2, 0.25) is 0 Å². The zero-order valence-electron chi connectivity index (χ0n) is 12.0. The Balaban J connectivity index is 1.60. The Bertz CT molecular complexity index is 935. The normalized spacial score (nSPS) is 11.0. The van der Waals surface area contributed by atoms with Gasteiger partial charge in [0.1, 0.15) is 0 Å². The SMILES string of the molecule is c1ccc(Sc2cncc(Sc3ccnc4ccsc34)c2)cc1. The van der Waals surface area contributed by atoms with E-state index in [2.05, 4.69) is 57.8 Å². The van der Waals surface area contributed by atoms with Crippen LogP contribution >= 0.6 is 34.9 Å². The quantitative estimate of drug-likeness (QED) is 0.450. The molecule has 0 N–H and O–H groups in total. The first-order chi connectivity index (χ1) is 11.4. The van der Waals surface area contributed by atoms with Crippen molar-refractivity contribution in [2.75, 3.05) is 0 Å². The van der Waals surface area contributed by atoms with Crippen molar-refractivity contribution in [2.45, 2.75) is 19.6 Å². The van der Waals surface area contributed by atoms with Crippen LogP contribution in [0.15, 0.2) is 92.1 Å². The molecule has 5 heteroatoms. The topological polar surface area (TPSA) is 25.8 Å². The van der Waals surface area contributed by atoms with Crippen molar-refractivity contribution < 1.29 is 0 Å². The van der Waals surface area contributed by atoms with Crippen LogP contribution in [-0.4, -0.2) is 9.97 Å². The number of hydrogen-bond acceptors (Lipinski definition) is 5. The maximum atomic E-state index is 4.39. The monoisotopic (exact) mass is 352 g/mol. The molecule has 112 valence electrons. The van der Waals surface area contributed by atoms with Gasteiger partial charge in [-0.1, -0.05) is 41.7 Å². The van der Waals surface area contributed by atoms with E-state index in [1.165, 1.54) is 14.5 Å². The van der Waals surface area contributed by atoms with Crippen LogP contribution < -0.4 is 0 Å². The van der Waals surface area contributed by atoms with Crippen molar-refractivity contribution in [3.63, 3.8) is 0 Å². The zero-order chi connectivity index (χ0) is 15.5. The highest BCUT2D eigenvalue weighted by Crippen LogP contribution is 2.37. The van der Waals surface area contributed by atoms with Crippen LogP contribution in [0.3, 0.4) is 0 Å². The van der Waals surface area contributed by atoms with Gasteiger partial charge in [0.05, 0.1) is 10.2 Å². The first kappa shape index (κ1) is 14.8. The summed E-state index contributed by atoms with van der Waals surface area (Å²) in [5.41, 5.74) is 1.06.